The Hall–Kier alpha value is -1.88. The second-order valence-electron chi connectivity index (χ2n) is 5.24. The summed E-state index contributed by atoms with van der Waals surface area (Å²) in [5.74, 6) is -1.20. The first-order valence-corrected chi connectivity index (χ1v) is 6.93. The van der Waals surface area contributed by atoms with Crippen LogP contribution in [0.2, 0.25) is 0 Å². The molecular formula is C15H20N2O3. The van der Waals surface area contributed by atoms with Gasteiger partial charge in [0.1, 0.15) is 6.04 Å². The van der Waals surface area contributed by atoms with E-state index in [1.807, 2.05) is 17.0 Å². The summed E-state index contributed by atoms with van der Waals surface area (Å²) in [6.45, 7) is 1.39. The van der Waals surface area contributed by atoms with Gasteiger partial charge in [-0.3, -0.25) is 14.5 Å². The summed E-state index contributed by atoms with van der Waals surface area (Å²) < 4.78 is 0. The SMILES string of the molecule is NC(=O)c1ccc(CN2CCCCCC2C(=O)O)cc1. The number of nitrogens with zero attached hydrogens (tertiary/aromatic N) is 1. The number of nitrogens with two attached hydrogens (primary N) is 1. The van der Waals surface area contributed by atoms with E-state index in [2.05, 4.69) is 0 Å². The Bertz CT molecular complexity index is 484. The number of carboxylic acid groups (broad SMARTS) is 1. The number of hydrogen-bond acceptors (Lipinski definition) is 3. The normalized spacial score (nSPS) is 20.3. The smallest absolute Gasteiger partial charge is 0.320 e. The van der Waals surface area contributed by atoms with E-state index < -0.39 is 17.9 Å². The molecule has 1 aliphatic heterocycles. The largest absolute Gasteiger partial charge is 0.480 e. The molecule has 1 saturated heterocycles. The molecule has 0 aromatic heterocycles. The number of amides is 1. The third-order valence-electron chi connectivity index (χ3n) is 3.77. The van der Waals surface area contributed by atoms with Crippen LogP contribution in [-0.4, -0.2) is 34.5 Å². The van der Waals surface area contributed by atoms with E-state index >= 15 is 0 Å². The molecule has 0 aliphatic carbocycles. The highest BCUT2D eigenvalue weighted by Crippen LogP contribution is 2.19. The van der Waals surface area contributed by atoms with Crippen LogP contribution in [-0.2, 0) is 11.3 Å². The summed E-state index contributed by atoms with van der Waals surface area (Å²) in [7, 11) is 0. The van der Waals surface area contributed by atoms with Crippen molar-refractivity contribution in [1.29, 1.82) is 0 Å². The molecule has 0 radical (unpaired) electrons. The number of carboxylic acids is 1. The zero-order valence-electron chi connectivity index (χ0n) is 11.4. The van der Waals surface area contributed by atoms with Crippen LogP contribution in [0.15, 0.2) is 24.3 Å². The summed E-state index contributed by atoms with van der Waals surface area (Å²) in [6, 6.07) is 6.64. The van der Waals surface area contributed by atoms with E-state index in [9.17, 15) is 14.7 Å². The molecule has 3 N–H and O–H groups in total. The van der Waals surface area contributed by atoms with Gasteiger partial charge in [-0.2, -0.15) is 0 Å². The molecule has 1 atom stereocenters. The Morgan fingerprint density at radius 1 is 1.20 bits per heavy atom. The minimum Gasteiger partial charge on any atom is -0.480 e. The van der Waals surface area contributed by atoms with Crippen LogP contribution in [0.4, 0.5) is 0 Å². The molecule has 0 bridgehead atoms. The Kier molecular flexibility index (Phi) is 4.74. The van der Waals surface area contributed by atoms with Gasteiger partial charge in [-0.05, 0) is 37.1 Å². The van der Waals surface area contributed by atoms with Gasteiger partial charge in [0.2, 0.25) is 5.91 Å². The number of rotatable bonds is 4. The first-order valence-electron chi connectivity index (χ1n) is 6.93. The van der Waals surface area contributed by atoms with Crippen LogP contribution in [0.25, 0.3) is 0 Å². The summed E-state index contributed by atoms with van der Waals surface area (Å²) >= 11 is 0. The first kappa shape index (κ1) is 14.5. The molecule has 1 fully saturated rings. The van der Waals surface area contributed by atoms with Crippen LogP contribution in [0, 0.1) is 0 Å². The van der Waals surface area contributed by atoms with Gasteiger partial charge >= 0.3 is 5.97 Å². The lowest BCUT2D eigenvalue weighted by molar-refractivity contribution is -0.143. The zero-order valence-corrected chi connectivity index (χ0v) is 11.4. The van der Waals surface area contributed by atoms with Crippen molar-refractivity contribution in [3.63, 3.8) is 0 Å². The van der Waals surface area contributed by atoms with Crippen molar-refractivity contribution >= 4 is 11.9 Å². The lowest BCUT2D eigenvalue weighted by Gasteiger charge is -2.26. The molecule has 108 valence electrons. The molecule has 20 heavy (non-hydrogen) atoms. The number of aliphatic carboxylic acids is 1. The van der Waals surface area contributed by atoms with E-state index in [1.54, 1.807) is 12.1 Å². The van der Waals surface area contributed by atoms with Gasteiger partial charge in [0.05, 0.1) is 0 Å². The average molecular weight is 276 g/mol. The van der Waals surface area contributed by atoms with Gasteiger partial charge in [-0.25, -0.2) is 0 Å². The molecule has 1 aromatic carbocycles. The third kappa shape index (κ3) is 3.57. The van der Waals surface area contributed by atoms with Crippen molar-refractivity contribution in [3.8, 4) is 0 Å². The molecule has 1 heterocycles. The van der Waals surface area contributed by atoms with Gasteiger partial charge in [0, 0.05) is 12.1 Å². The predicted molar refractivity (Wildman–Crippen MR) is 75.3 cm³/mol. The van der Waals surface area contributed by atoms with E-state index in [0.717, 1.165) is 31.4 Å². The van der Waals surface area contributed by atoms with Crippen molar-refractivity contribution < 1.29 is 14.7 Å². The number of benzene rings is 1. The average Bonchev–Trinajstić information content (AvgIpc) is 2.65. The minimum absolute atomic E-state index is 0.409. The highest BCUT2D eigenvalue weighted by molar-refractivity contribution is 5.92. The second-order valence-corrected chi connectivity index (χ2v) is 5.24. The standard InChI is InChI=1S/C15H20N2O3/c16-14(18)12-7-5-11(6-8-12)10-17-9-3-1-2-4-13(17)15(19)20/h5-8,13H,1-4,9-10H2,(H2,16,18)(H,19,20). The van der Waals surface area contributed by atoms with Crippen molar-refractivity contribution in [2.75, 3.05) is 6.54 Å². The fourth-order valence-electron chi connectivity index (χ4n) is 2.65. The molecule has 5 heteroatoms. The summed E-state index contributed by atoms with van der Waals surface area (Å²) in [4.78, 5) is 24.4. The first-order chi connectivity index (χ1) is 9.58. The van der Waals surface area contributed by atoms with Gasteiger partial charge in [-0.1, -0.05) is 25.0 Å². The van der Waals surface area contributed by atoms with Crippen molar-refractivity contribution in [3.05, 3.63) is 35.4 Å². The molecule has 1 aliphatic rings. The van der Waals surface area contributed by atoms with Gasteiger partial charge in [-0.15, -0.1) is 0 Å². The summed E-state index contributed by atoms with van der Waals surface area (Å²) in [5.41, 5.74) is 6.68. The number of likely N-dealkylation sites (tertiary alicyclic amines) is 1. The van der Waals surface area contributed by atoms with Crippen molar-refractivity contribution in [2.45, 2.75) is 38.3 Å². The quantitative estimate of drug-likeness (QED) is 0.875. The van der Waals surface area contributed by atoms with E-state index in [-0.39, 0.29) is 0 Å². The number of carbonyl (C=O) groups excluding carboxylic acids is 1. The zero-order chi connectivity index (χ0) is 14.5. The van der Waals surface area contributed by atoms with Gasteiger partial charge < -0.3 is 10.8 Å². The lowest BCUT2D eigenvalue weighted by atomic mass is 10.1. The molecule has 1 aromatic rings. The van der Waals surface area contributed by atoms with Crippen LogP contribution >= 0.6 is 0 Å². The Morgan fingerprint density at radius 2 is 1.90 bits per heavy atom. The molecule has 1 unspecified atom stereocenters. The van der Waals surface area contributed by atoms with E-state index in [4.69, 9.17) is 5.73 Å². The lowest BCUT2D eigenvalue weighted by Crippen LogP contribution is -2.40. The molecule has 0 saturated carbocycles. The highest BCUT2D eigenvalue weighted by Gasteiger charge is 2.26. The Labute approximate surface area is 118 Å². The molecular weight excluding hydrogens is 256 g/mol. The molecule has 5 nitrogen and oxygen atoms in total. The molecule has 1 amide bonds. The number of carbonyl (C=O) groups is 2. The third-order valence-corrected chi connectivity index (χ3v) is 3.77. The second kappa shape index (κ2) is 6.52. The Balaban J connectivity index is 2.09. The Morgan fingerprint density at radius 3 is 2.50 bits per heavy atom. The summed E-state index contributed by atoms with van der Waals surface area (Å²) in [5, 5.41) is 9.33. The predicted octanol–water partition coefficient (Wildman–Crippen LogP) is 1.61. The van der Waals surface area contributed by atoms with Gasteiger partial charge in [0.25, 0.3) is 0 Å². The molecule has 0 spiro atoms. The van der Waals surface area contributed by atoms with Gasteiger partial charge in [0.15, 0.2) is 0 Å². The van der Waals surface area contributed by atoms with Crippen LogP contribution in [0.5, 0.6) is 0 Å². The molecule has 2 rings (SSSR count). The highest BCUT2D eigenvalue weighted by atomic mass is 16.4. The fraction of sp³-hybridized carbons (Fsp3) is 0.467. The van der Waals surface area contributed by atoms with Crippen LogP contribution in [0.1, 0.15) is 41.6 Å². The maximum Gasteiger partial charge on any atom is 0.320 e. The number of primary amides is 1. The van der Waals surface area contributed by atoms with Crippen molar-refractivity contribution in [2.24, 2.45) is 5.73 Å². The number of hydrogen-bond donors (Lipinski definition) is 2. The van der Waals surface area contributed by atoms with E-state index in [1.165, 1.54) is 0 Å². The van der Waals surface area contributed by atoms with Crippen molar-refractivity contribution in [1.82, 2.24) is 4.90 Å². The van der Waals surface area contributed by atoms with Crippen LogP contribution < -0.4 is 5.73 Å². The summed E-state index contributed by atoms with van der Waals surface area (Å²) in [6.07, 6.45) is 3.78. The topological polar surface area (TPSA) is 83.6 Å². The maximum absolute atomic E-state index is 11.3. The fourth-order valence-corrected chi connectivity index (χ4v) is 2.65. The monoisotopic (exact) mass is 276 g/mol. The van der Waals surface area contributed by atoms with Crippen LogP contribution in [0.3, 0.4) is 0 Å². The van der Waals surface area contributed by atoms with E-state index in [0.29, 0.717) is 18.5 Å². The maximum atomic E-state index is 11.3. The minimum atomic E-state index is -0.749.